The molecule has 0 aliphatic heterocycles. The number of rotatable bonds is 4. The molecule has 0 bridgehead atoms. The second kappa shape index (κ2) is 6.29. The normalized spacial score (nSPS) is 13.9. The number of hydrogen-bond acceptors (Lipinski definition) is 3. The fraction of sp³-hybridized carbons (Fsp3) is 0.250. The van der Waals surface area contributed by atoms with Crippen LogP contribution in [0.4, 0.5) is 0 Å². The van der Waals surface area contributed by atoms with Gasteiger partial charge in [0.2, 0.25) is 0 Å². The Labute approximate surface area is 127 Å². The van der Waals surface area contributed by atoms with E-state index in [2.05, 4.69) is 34.2 Å². The summed E-state index contributed by atoms with van der Waals surface area (Å²) in [6, 6.07) is 12.9. The Kier molecular flexibility index (Phi) is 4.68. The molecule has 2 aromatic rings. The van der Waals surface area contributed by atoms with Gasteiger partial charge in [-0.1, -0.05) is 34.1 Å². The summed E-state index contributed by atoms with van der Waals surface area (Å²) in [7, 11) is 0. The minimum Gasteiger partial charge on any atom is -0.508 e. The van der Waals surface area contributed by atoms with E-state index >= 15 is 0 Å². The lowest BCUT2D eigenvalue weighted by Crippen LogP contribution is -2.22. The van der Waals surface area contributed by atoms with Gasteiger partial charge in [0.25, 0.3) is 0 Å². The van der Waals surface area contributed by atoms with E-state index in [1.807, 2.05) is 25.1 Å². The van der Waals surface area contributed by atoms with Gasteiger partial charge in [-0.05, 0) is 43.2 Å². The van der Waals surface area contributed by atoms with Crippen LogP contribution in [-0.2, 0) is 0 Å². The van der Waals surface area contributed by atoms with Crippen LogP contribution in [0.3, 0.4) is 0 Å². The summed E-state index contributed by atoms with van der Waals surface area (Å²) < 4.78 is 1.06. The van der Waals surface area contributed by atoms with Crippen LogP contribution in [0, 0.1) is 0 Å². The molecule has 3 nitrogen and oxygen atoms in total. The fourth-order valence-electron chi connectivity index (χ4n) is 2.26. The van der Waals surface area contributed by atoms with E-state index in [4.69, 9.17) is 0 Å². The molecule has 0 saturated heterocycles. The second-order valence-corrected chi connectivity index (χ2v) is 5.77. The summed E-state index contributed by atoms with van der Waals surface area (Å²) >= 11 is 3.55. The molecule has 0 aliphatic carbocycles. The highest BCUT2D eigenvalue weighted by Crippen LogP contribution is 2.28. The minimum absolute atomic E-state index is 0.00936. The molecule has 0 fully saturated rings. The van der Waals surface area contributed by atoms with Gasteiger partial charge in [0.05, 0.1) is 0 Å². The van der Waals surface area contributed by atoms with Crippen molar-refractivity contribution in [3.8, 4) is 11.5 Å². The summed E-state index contributed by atoms with van der Waals surface area (Å²) in [5, 5.41) is 22.5. The lowest BCUT2D eigenvalue weighted by molar-refractivity contribution is 0.442. The Morgan fingerprint density at radius 2 is 1.55 bits per heavy atom. The lowest BCUT2D eigenvalue weighted by atomic mass is 10.0. The Balaban J connectivity index is 2.15. The molecule has 2 aromatic carbocycles. The Morgan fingerprint density at radius 1 is 0.950 bits per heavy atom. The maximum atomic E-state index is 9.54. The van der Waals surface area contributed by atoms with Crippen LogP contribution in [0.1, 0.15) is 37.1 Å². The molecule has 20 heavy (non-hydrogen) atoms. The first-order valence-corrected chi connectivity index (χ1v) is 7.30. The summed E-state index contributed by atoms with van der Waals surface area (Å²) in [6.07, 6.45) is 0. The van der Waals surface area contributed by atoms with E-state index in [1.54, 1.807) is 12.1 Å². The second-order valence-electron chi connectivity index (χ2n) is 4.91. The summed E-state index contributed by atoms with van der Waals surface area (Å²) in [5.41, 5.74) is 2.02. The number of hydrogen-bond donors (Lipinski definition) is 3. The van der Waals surface area contributed by atoms with Gasteiger partial charge in [0, 0.05) is 22.6 Å². The van der Waals surface area contributed by atoms with E-state index in [9.17, 15) is 10.2 Å². The molecule has 1 unspecified atom stereocenters. The molecule has 3 N–H and O–H groups in total. The highest BCUT2D eigenvalue weighted by molar-refractivity contribution is 9.10. The molecule has 2 rings (SSSR count). The van der Waals surface area contributed by atoms with E-state index in [0.717, 1.165) is 10.0 Å². The van der Waals surface area contributed by atoms with Crippen molar-refractivity contribution in [3.05, 3.63) is 58.1 Å². The van der Waals surface area contributed by atoms with E-state index in [-0.39, 0.29) is 23.6 Å². The van der Waals surface area contributed by atoms with Crippen molar-refractivity contribution in [2.24, 2.45) is 0 Å². The number of aromatic hydroxyl groups is 2. The van der Waals surface area contributed by atoms with Crippen LogP contribution in [0.5, 0.6) is 11.5 Å². The maximum Gasteiger partial charge on any atom is 0.119 e. The Morgan fingerprint density at radius 3 is 2.15 bits per heavy atom. The number of phenolic OH excluding ortho intramolecular Hbond substituents is 2. The van der Waals surface area contributed by atoms with Crippen LogP contribution in [-0.4, -0.2) is 10.2 Å². The molecule has 4 heteroatoms. The van der Waals surface area contributed by atoms with Crippen LogP contribution in [0.25, 0.3) is 0 Å². The molecule has 106 valence electrons. The monoisotopic (exact) mass is 335 g/mol. The molecule has 0 saturated carbocycles. The summed E-state index contributed by atoms with van der Waals surface area (Å²) in [4.78, 5) is 0. The zero-order valence-electron chi connectivity index (χ0n) is 11.5. The predicted molar refractivity (Wildman–Crippen MR) is 83.9 cm³/mol. The van der Waals surface area contributed by atoms with Gasteiger partial charge in [-0.3, -0.25) is 0 Å². The first-order chi connectivity index (χ1) is 9.47. The lowest BCUT2D eigenvalue weighted by Gasteiger charge is -2.22. The molecular formula is C16H18BrNO2. The van der Waals surface area contributed by atoms with Gasteiger partial charge in [0.1, 0.15) is 11.5 Å². The van der Waals surface area contributed by atoms with Crippen molar-refractivity contribution in [2.45, 2.75) is 25.9 Å². The highest BCUT2D eigenvalue weighted by Gasteiger charge is 2.14. The van der Waals surface area contributed by atoms with Crippen molar-refractivity contribution in [2.75, 3.05) is 0 Å². The van der Waals surface area contributed by atoms with E-state index in [1.165, 1.54) is 11.6 Å². The maximum absolute atomic E-state index is 9.54. The molecule has 0 amide bonds. The third-order valence-corrected chi connectivity index (χ3v) is 4.02. The molecule has 2 atom stereocenters. The van der Waals surface area contributed by atoms with Crippen LogP contribution in [0.2, 0.25) is 0 Å². The summed E-state index contributed by atoms with van der Waals surface area (Å²) in [6.45, 7) is 4.08. The standard InChI is InChI=1S/C16H18BrNO2/c1-10(12-7-13(19)9-14(20)8-12)18-11(2)15-5-3-4-6-16(15)17/h3-11,18-20H,1-2H3/t10?,11-/m1/s1. The SMILES string of the molecule is CC(N[C@H](C)c1ccccc1Br)c1cc(O)cc(O)c1. The van der Waals surface area contributed by atoms with Gasteiger partial charge in [-0.2, -0.15) is 0 Å². The predicted octanol–water partition coefficient (Wildman–Crippen LogP) is 4.27. The number of benzene rings is 2. The Hall–Kier alpha value is -1.52. The number of nitrogens with one attached hydrogen (secondary N) is 1. The number of phenols is 2. The molecule has 0 heterocycles. The smallest absolute Gasteiger partial charge is 0.119 e. The first-order valence-electron chi connectivity index (χ1n) is 6.50. The van der Waals surface area contributed by atoms with E-state index in [0.29, 0.717) is 0 Å². The summed E-state index contributed by atoms with van der Waals surface area (Å²) in [5.74, 6) is 0.143. The average molecular weight is 336 g/mol. The molecule has 0 radical (unpaired) electrons. The van der Waals surface area contributed by atoms with Gasteiger partial charge in [-0.15, -0.1) is 0 Å². The van der Waals surface area contributed by atoms with Gasteiger partial charge in [0.15, 0.2) is 0 Å². The highest BCUT2D eigenvalue weighted by atomic mass is 79.9. The average Bonchev–Trinajstić information content (AvgIpc) is 2.37. The first kappa shape index (κ1) is 14.9. The third kappa shape index (κ3) is 3.52. The fourth-order valence-corrected chi connectivity index (χ4v) is 2.88. The third-order valence-electron chi connectivity index (χ3n) is 3.30. The topological polar surface area (TPSA) is 52.5 Å². The zero-order valence-corrected chi connectivity index (χ0v) is 13.1. The van der Waals surface area contributed by atoms with Crippen LogP contribution >= 0.6 is 15.9 Å². The molecule has 0 aromatic heterocycles. The van der Waals surface area contributed by atoms with Crippen LogP contribution in [0.15, 0.2) is 46.9 Å². The Bertz CT molecular complexity index is 581. The molecule has 0 spiro atoms. The van der Waals surface area contributed by atoms with Crippen molar-refractivity contribution < 1.29 is 10.2 Å². The van der Waals surface area contributed by atoms with Crippen LogP contribution < -0.4 is 5.32 Å². The zero-order chi connectivity index (χ0) is 14.7. The van der Waals surface area contributed by atoms with Gasteiger partial charge < -0.3 is 15.5 Å². The quantitative estimate of drug-likeness (QED) is 0.781. The van der Waals surface area contributed by atoms with E-state index < -0.39 is 0 Å². The largest absolute Gasteiger partial charge is 0.508 e. The molecular weight excluding hydrogens is 318 g/mol. The van der Waals surface area contributed by atoms with Crippen molar-refractivity contribution in [1.82, 2.24) is 5.32 Å². The van der Waals surface area contributed by atoms with Gasteiger partial charge in [-0.25, -0.2) is 0 Å². The molecule has 0 aliphatic rings. The van der Waals surface area contributed by atoms with Crippen molar-refractivity contribution >= 4 is 15.9 Å². The van der Waals surface area contributed by atoms with Crippen molar-refractivity contribution in [1.29, 1.82) is 0 Å². The van der Waals surface area contributed by atoms with Crippen molar-refractivity contribution in [3.63, 3.8) is 0 Å². The minimum atomic E-state index is 0.00936. The van der Waals surface area contributed by atoms with Gasteiger partial charge >= 0.3 is 0 Å². The number of halogens is 1.